The molecule has 0 saturated heterocycles. The van der Waals surface area contributed by atoms with Crippen molar-refractivity contribution in [3.05, 3.63) is 55.4 Å². The molecule has 0 atom stereocenters. The number of hydrogen-bond donors (Lipinski definition) is 1. The normalized spacial score (nSPS) is 11.1. The fourth-order valence-electron chi connectivity index (χ4n) is 3.08. The van der Waals surface area contributed by atoms with Gasteiger partial charge in [-0.25, -0.2) is 9.78 Å². The van der Waals surface area contributed by atoms with Gasteiger partial charge in [-0.3, -0.25) is 4.79 Å². The lowest BCUT2D eigenvalue weighted by molar-refractivity contribution is 0.0605. The van der Waals surface area contributed by atoms with E-state index in [4.69, 9.17) is 4.74 Å². The predicted octanol–water partition coefficient (Wildman–Crippen LogP) is 4.30. The first kappa shape index (κ1) is 18.7. The second kappa shape index (κ2) is 7.25. The highest BCUT2D eigenvalue weighted by Gasteiger charge is 2.19. The Morgan fingerprint density at radius 3 is 2.50 bits per heavy atom. The maximum atomic E-state index is 12.5. The molecule has 7 heteroatoms. The van der Waals surface area contributed by atoms with E-state index in [2.05, 4.69) is 42.9 Å². The number of thioether (sulfide) groups is 1. The van der Waals surface area contributed by atoms with Gasteiger partial charge >= 0.3 is 5.97 Å². The summed E-state index contributed by atoms with van der Waals surface area (Å²) in [7, 11) is 1.33. The first-order chi connectivity index (χ1) is 12.3. The van der Waals surface area contributed by atoms with Crippen LogP contribution < -0.4 is 5.56 Å². The number of aromatic nitrogens is 2. The van der Waals surface area contributed by atoms with Crippen molar-refractivity contribution in [2.75, 3.05) is 7.11 Å². The van der Waals surface area contributed by atoms with Crippen molar-refractivity contribution in [3.63, 3.8) is 0 Å². The van der Waals surface area contributed by atoms with Crippen LogP contribution >= 0.6 is 23.1 Å². The van der Waals surface area contributed by atoms with Crippen molar-refractivity contribution in [1.29, 1.82) is 0 Å². The van der Waals surface area contributed by atoms with E-state index < -0.39 is 5.97 Å². The molecule has 1 aromatic carbocycles. The van der Waals surface area contributed by atoms with E-state index in [9.17, 15) is 9.59 Å². The van der Waals surface area contributed by atoms with Crippen molar-refractivity contribution in [2.24, 2.45) is 0 Å². The third-order valence-corrected chi connectivity index (χ3v) is 6.69. The van der Waals surface area contributed by atoms with Crippen LogP contribution in [-0.4, -0.2) is 23.0 Å². The smallest absolute Gasteiger partial charge is 0.348 e. The Labute approximate surface area is 159 Å². The van der Waals surface area contributed by atoms with Gasteiger partial charge in [0.2, 0.25) is 0 Å². The summed E-state index contributed by atoms with van der Waals surface area (Å²) in [6, 6.07) is 4.31. The minimum absolute atomic E-state index is 0.216. The number of nitrogens with zero attached hydrogens (tertiary/aromatic N) is 1. The van der Waals surface area contributed by atoms with E-state index in [-0.39, 0.29) is 5.56 Å². The van der Waals surface area contributed by atoms with Crippen LogP contribution in [0.4, 0.5) is 0 Å². The van der Waals surface area contributed by atoms with Crippen LogP contribution in [0.15, 0.2) is 21.8 Å². The van der Waals surface area contributed by atoms with Gasteiger partial charge in [-0.2, -0.15) is 0 Å². The third kappa shape index (κ3) is 3.41. The number of thiophene rings is 1. The summed E-state index contributed by atoms with van der Waals surface area (Å²) in [4.78, 5) is 34.0. The number of aryl methyl sites for hydroxylation is 4. The Kier molecular flexibility index (Phi) is 5.20. The quantitative estimate of drug-likeness (QED) is 0.533. The molecule has 0 spiro atoms. The van der Waals surface area contributed by atoms with Gasteiger partial charge in [-0.1, -0.05) is 17.7 Å². The van der Waals surface area contributed by atoms with Crippen LogP contribution in [-0.2, 0) is 10.5 Å². The average molecular weight is 389 g/mol. The molecule has 2 aromatic heterocycles. The largest absolute Gasteiger partial charge is 0.465 e. The number of esters is 1. The molecule has 0 fully saturated rings. The van der Waals surface area contributed by atoms with Gasteiger partial charge in [0.25, 0.3) is 5.56 Å². The minimum Gasteiger partial charge on any atom is -0.465 e. The lowest BCUT2D eigenvalue weighted by Gasteiger charge is -2.10. The molecule has 2 heterocycles. The fourth-order valence-corrected chi connectivity index (χ4v) is 5.19. The molecule has 0 aliphatic heterocycles. The summed E-state index contributed by atoms with van der Waals surface area (Å²) in [5, 5.41) is 0.465. The average Bonchev–Trinajstić information content (AvgIpc) is 2.90. The van der Waals surface area contributed by atoms with E-state index >= 15 is 0 Å². The molecule has 0 aliphatic rings. The molecule has 136 valence electrons. The Balaban J connectivity index is 1.95. The third-order valence-electron chi connectivity index (χ3n) is 4.18. The van der Waals surface area contributed by atoms with Crippen molar-refractivity contribution in [3.8, 4) is 0 Å². The standard InChI is InChI=1S/C19H20N2O3S2/c1-9-6-10(2)15(11(3)7-9)25-8-13-20-17(22)14-12(4)16(19(23)24-5)26-18(14)21-13/h6-7H,8H2,1-5H3,(H,20,21,22). The highest BCUT2D eigenvalue weighted by atomic mass is 32.2. The van der Waals surface area contributed by atoms with Gasteiger partial charge in [0, 0.05) is 4.90 Å². The molecular weight excluding hydrogens is 368 g/mol. The van der Waals surface area contributed by atoms with Crippen LogP contribution in [0.3, 0.4) is 0 Å². The number of nitrogens with one attached hydrogen (secondary N) is 1. The molecule has 3 aromatic rings. The van der Waals surface area contributed by atoms with Gasteiger partial charge in [0.1, 0.15) is 15.5 Å². The molecular formula is C19H20N2O3S2. The number of methoxy groups -OCH3 is 1. The Morgan fingerprint density at radius 2 is 1.88 bits per heavy atom. The summed E-state index contributed by atoms with van der Waals surface area (Å²) >= 11 is 2.85. The summed E-state index contributed by atoms with van der Waals surface area (Å²) in [5.74, 6) is 0.719. The number of carbonyl (C=O) groups is 1. The molecule has 26 heavy (non-hydrogen) atoms. The highest BCUT2D eigenvalue weighted by Crippen LogP contribution is 2.31. The van der Waals surface area contributed by atoms with Crippen LogP contribution in [0.2, 0.25) is 0 Å². The lowest BCUT2D eigenvalue weighted by Crippen LogP contribution is -2.11. The van der Waals surface area contributed by atoms with E-state index in [0.717, 1.165) is 0 Å². The number of fused-ring (bicyclic) bond motifs is 1. The van der Waals surface area contributed by atoms with E-state index in [1.807, 2.05) is 0 Å². The first-order valence-corrected chi connectivity index (χ1v) is 9.93. The number of hydrogen-bond acceptors (Lipinski definition) is 6. The zero-order chi connectivity index (χ0) is 19.0. The second-order valence-corrected chi connectivity index (χ2v) is 8.24. The first-order valence-electron chi connectivity index (χ1n) is 8.13. The van der Waals surface area contributed by atoms with Crippen LogP contribution in [0.1, 0.15) is 37.7 Å². The Morgan fingerprint density at radius 1 is 1.23 bits per heavy atom. The van der Waals surface area contributed by atoms with E-state index in [0.29, 0.717) is 32.2 Å². The maximum absolute atomic E-state index is 12.5. The summed E-state index contributed by atoms with van der Waals surface area (Å²) < 4.78 is 4.79. The van der Waals surface area contributed by atoms with Gasteiger partial charge < -0.3 is 9.72 Å². The number of benzene rings is 1. The molecule has 0 bridgehead atoms. The molecule has 0 radical (unpaired) electrons. The molecule has 5 nitrogen and oxygen atoms in total. The van der Waals surface area contributed by atoms with Gasteiger partial charge in [0.05, 0.1) is 18.2 Å². The monoisotopic (exact) mass is 388 g/mol. The number of ether oxygens (including phenoxy) is 1. The SMILES string of the molecule is COC(=O)c1sc2nc(CSc3c(C)cc(C)cc3C)[nH]c(=O)c2c1C. The molecule has 3 rings (SSSR count). The Hall–Kier alpha value is -2.12. The minimum atomic E-state index is -0.438. The van der Waals surface area contributed by atoms with E-state index in [1.165, 1.54) is 40.0 Å². The summed E-state index contributed by atoms with van der Waals surface area (Å²) in [6.45, 7) is 8.01. The van der Waals surface area contributed by atoms with Crippen LogP contribution in [0.25, 0.3) is 10.2 Å². The topological polar surface area (TPSA) is 72.0 Å². The molecule has 0 unspecified atom stereocenters. The van der Waals surface area contributed by atoms with Crippen LogP contribution in [0, 0.1) is 27.7 Å². The number of H-pyrrole nitrogens is 1. The number of carbonyl (C=O) groups excluding carboxylic acids is 1. The van der Waals surface area contributed by atoms with Gasteiger partial charge in [-0.15, -0.1) is 23.1 Å². The highest BCUT2D eigenvalue weighted by molar-refractivity contribution is 7.98. The van der Waals surface area contributed by atoms with Crippen molar-refractivity contribution < 1.29 is 9.53 Å². The lowest BCUT2D eigenvalue weighted by atomic mass is 10.1. The fraction of sp³-hybridized carbons (Fsp3) is 0.316. The van der Waals surface area contributed by atoms with E-state index in [1.54, 1.807) is 18.7 Å². The number of rotatable bonds is 4. The van der Waals surface area contributed by atoms with Crippen LogP contribution in [0.5, 0.6) is 0 Å². The number of aromatic amines is 1. The maximum Gasteiger partial charge on any atom is 0.348 e. The summed E-state index contributed by atoms with van der Waals surface area (Å²) in [5.41, 5.74) is 4.08. The molecule has 0 amide bonds. The zero-order valence-electron chi connectivity index (χ0n) is 15.4. The summed E-state index contributed by atoms with van der Waals surface area (Å²) in [6.07, 6.45) is 0. The molecule has 0 saturated carbocycles. The van der Waals surface area contributed by atoms with Crippen molar-refractivity contribution >= 4 is 39.3 Å². The molecule has 0 aliphatic carbocycles. The molecule has 1 N–H and O–H groups in total. The zero-order valence-corrected chi connectivity index (χ0v) is 17.0. The van der Waals surface area contributed by atoms with Crippen molar-refractivity contribution in [1.82, 2.24) is 9.97 Å². The second-order valence-electron chi connectivity index (χ2n) is 6.26. The predicted molar refractivity (Wildman–Crippen MR) is 107 cm³/mol. The van der Waals surface area contributed by atoms with Gasteiger partial charge in [0.15, 0.2) is 0 Å². The Bertz CT molecular complexity index is 1040. The van der Waals surface area contributed by atoms with Crippen molar-refractivity contribution in [2.45, 2.75) is 38.3 Å². The van der Waals surface area contributed by atoms with Gasteiger partial charge in [-0.05, 0) is 44.4 Å².